The Morgan fingerprint density at radius 2 is 2.00 bits per heavy atom. The number of nitrogens with zero attached hydrogens (tertiary/aromatic N) is 2. The Morgan fingerprint density at radius 1 is 1.13 bits per heavy atom. The Hall–Kier alpha value is -2.04. The lowest BCUT2D eigenvalue weighted by Crippen LogP contribution is -2.04. The van der Waals surface area contributed by atoms with Gasteiger partial charge in [-0.25, -0.2) is 9.07 Å². The molecule has 0 unspecified atom stereocenters. The minimum Gasteiger partial charge on any atom is -0.369 e. The van der Waals surface area contributed by atoms with Crippen molar-refractivity contribution in [3.05, 3.63) is 63.9 Å². The van der Waals surface area contributed by atoms with Gasteiger partial charge in [-0.2, -0.15) is 5.10 Å². The average molecular weight is 348 g/mol. The van der Waals surface area contributed by atoms with E-state index in [9.17, 15) is 4.39 Å². The normalized spacial score (nSPS) is 13.0. The lowest BCUT2D eigenvalue weighted by molar-refractivity contribution is 0.628. The molecule has 1 aliphatic rings. The Kier molecular flexibility index (Phi) is 3.51. The monoisotopic (exact) mass is 347 g/mol. The highest BCUT2D eigenvalue weighted by Gasteiger charge is 2.25. The van der Waals surface area contributed by atoms with E-state index >= 15 is 0 Å². The Balaban J connectivity index is 1.91. The van der Waals surface area contributed by atoms with Crippen molar-refractivity contribution >= 4 is 29.0 Å². The lowest BCUT2D eigenvalue weighted by atomic mass is 10.1. The molecular weight excluding hydrogens is 336 g/mol. The zero-order valence-electron chi connectivity index (χ0n) is 12.0. The molecule has 4 rings (SSSR count). The second-order valence-corrected chi connectivity index (χ2v) is 6.21. The summed E-state index contributed by atoms with van der Waals surface area (Å²) in [6.07, 6.45) is 0.846. The SMILES string of the molecule is Fc1ccc(-c2nn(-c3cccc(Cl)c3)c3c2CCN3)c(Cl)c1. The van der Waals surface area contributed by atoms with E-state index in [0.29, 0.717) is 10.0 Å². The summed E-state index contributed by atoms with van der Waals surface area (Å²) in [5.41, 5.74) is 3.45. The minimum absolute atomic E-state index is 0.357. The third kappa shape index (κ3) is 2.48. The van der Waals surface area contributed by atoms with Gasteiger partial charge >= 0.3 is 0 Å². The van der Waals surface area contributed by atoms with Crippen LogP contribution in [0.25, 0.3) is 16.9 Å². The van der Waals surface area contributed by atoms with Crippen LogP contribution in [0.5, 0.6) is 0 Å². The molecule has 0 saturated heterocycles. The van der Waals surface area contributed by atoms with Crippen molar-refractivity contribution in [2.45, 2.75) is 6.42 Å². The van der Waals surface area contributed by atoms with Gasteiger partial charge in [-0.1, -0.05) is 29.3 Å². The zero-order chi connectivity index (χ0) is 16.0. The molecule has 1 aliphatic heterocycles. The third-order valence-electron chi connectivity index (χ3n) is 3.89. The number of benzene rings is 2. The standard InChI is InChI=1S/C17H12Cl2FN3/c18-10-2-1-3-12(8-10)23-17-14(6-7-21-17)16(22-23)13-5-4-11(20)9-15(13)19/h1-5,8-9,21H,6-7H2. The van der Waals surface area contributed by atoms with Gasteiger partial charge < -0.3 is 5.32 Å². The molecule has 3 aromatic rings. The van der Waals surface area contributed by atoms with E-state index in [1.165, 1.54) is 12.1 Å². The number of hydrogen-bond donors (Lipinski definition) is 1. The maximum Gasteiger partial charge on any atom is 0.133 e. The summed E-state index contributed by atoms with van der Waals surface area (Å²) in [4.78, 5) is 0. The summed E-state index contributed by atoms with van der Waals surface area (Å²) in [5, 5.41) is 9.04. The average Bonchev–Trinajstić information content (AvgIpc) is 3.10. The van der Waals surface area contributed by atoms with Crippen molar-refractivity contribution < 1.29 is 4.39 Å². The van der Waals surface area contributed by atoms with Gasteiger partial charge in [0, 0.05) is 22.7 Å². The molecule has 0 saturated carbocycles. The van der Waals surface area contributed by atoms with E-state index in [4.69, 9.17) is 28.3 Å². The van der Waals surface area contributed by atoms with Crippen LogP contribution in [0.3, 0.4) is 0 Å². The van der Waals surface area contributed by atoms with E-state index in [2.05, 4.69) is 5.32 Å². The fourth-order valence-corrected chi connectivity index (χ4v) is 3.31. The van der Waals surface area contributed by atoms with Crippen LogP contribution in [0.4, 0.5) is 10.2 Å². The highest BCUT2D eigenvalue weighted by Crippen LogP contribution is 2.37. The van der Waals surface area contributed by atoms with Gasteiger partial charge in [0.1, 0.15) is 11.6 Å². The molecule has 23 heavy (non-hydrogen) atoms. The minimum atomic E-state index is -0.359. The number of hydrogen-bond acceptors (Lipinski definition) is 2. The molecule has 0 bridgehead atoms. The van der Waals surface area contributed by atoms with Crippen molar-refractivity contribution in [1.29, 1.82) is 0 Å². The van der Waals surface area contributed by atoms with E-state index < -0.39 is 0 Å². The first-order valence-electron chi connectivity index (χ1n) is 7.20. The summed E-state index contributed by atoms with van der Waals surface area (Å²) < 4.78 is 15.1. The molecule has 6 heteroatoms. The van der Waals surface area contributed by atoms with Crippen LogP contribution in [0.2, 0.25) is 10.0 Å². The smallest absolute Gasteiger partial charge is 0.133 e. The number of rotatable bonds is 2. The molecule has 2 heterocycles. The topological polar surface area (TPSA) is 29.9 Å². The first kappa shape index (κ1) is 14.5. The third-order valence-corrected chi connectivity index (χ3v) is 4.44. The van der Waals surface area contributed by atoms with Gasteiger partial charge in [-0.3, -0.25) is 0 Å². The molecule has 1 aromatic heterocycles. The molecule has 1 N–H and O–H groups in total. The van der Waals surface area contributed by atoms with Gasteiger partial charge in [-0.05, 0) is 42.8 Å². The molecular formula is C17H12Cl2FN3. The van der Waals surface area contributed by atoms with E-state index in [0.717, 1.165) is 41.3 Å². The quantitative estimate of drug-likeness (QED) is 0.710. The lowest BCUT2D eigenvalue weighted by Gasteiger charge is -2.06. The first-order valence-corrected chi connectivity index (χ1v) is 7.96. The molecule has 0 aliphatic carbocycles. The number of anilines is 1. The van der Waals surface area contributed by atoms with Crippen LogP contribution < -0.4 is 5.32 Å². The van der Waals surface area contributed by atoms with Gasteiger partial charge in [0.2, 0.25) is 0 Å². The van der Waals surface area contributed by atoms with E-state index in [1.807, 2.05) is 28.9 Å². The van der Waals surface area contributed by atoms with Gasteiger partial charge in [0.15, 0.2) is 0 Å². The van der Waals surface area contributed by atoms with Crippen LogP contribution in [-0.4, -0.2) is 16.3 Å². The number of halogens is 3. The van der Waals surface area contributed by atoms with Gasteiger partial charge in [0.25, 0.3) is 0 Å². The molecule has 2 aromatic carbocycles. The highest BCUT2D eigenvalue weighted by atomic mass is 35.5. The predicted octanol–water partition coefficient (Wildman–Crippen LogP) is 4.95. The number of fused-ring (bicyclic) bond motifs is 1. The van der Waals surface area contributed by atoms with Crippen LogP contribution in [0.1, 0.15) is 5.56 Å². The van der Waals surface area contributed by atoms with E-state index in [-0.39, 0.29) is 5.82 Å². The number of nitrogens with one attached hydrogen (secondary N) is 1. The summed E-state index contributed by atoms with van der Waals surface area (Å²) in [6.45, 7) is 0.833. The predicted molar refractivity (Wildman–Crippen MR) is 91.2 cm³/mol. The second-order valence-electron chi connectivity index (χ2n) is 5.37. The van der Waals surface area contributed by atoms with Crippen molar-refractivity contribution in [3.8, 4) is 16.9 Å². The summed E-state index contributed by atoms with van der Waals surface area (Å²) in [5.74, 6) is 0.574. The highest BCUT2D eigenvalue weighted by molar-refractivity contribution is 6.33. The van der Waals surface area contributed by atoms with Gasteiger partial charge in [-0.15, -0.1) is 0 Å². The maximum atomic E-state index is 13.3. The summed E-state index contributed by atoms with van der Waals surface area (Å²) in [7, 11) is 0. The maximum absolute atomic E-state index is 13.3. The van der Waals surface area contributed by atoms with Crippen molar-refractivity contribution in [2.75, 3.05) is 11.9 Å². The van der Waals surface area contributed by atoms with Crippen molar-refractivity contribution in [1.82, 2.24) is 9.78 Å². The van der Waals surface area contributed by atoms with Crippen molar-refractivity contribution in [2.24, 2.45) is 0 Å². The van der Waals surface area contributed by atoms with Crippen LogP contribution in [0.15, 0.2) is 42.5 Å². The summed E-state index contributed by atoms with van der Waals surface area (Å²) >= 11 is 12.3. The molecule has 0 radical (unpaired) electrons. The number of aromatic nitrogens is 2. The molecule has 116 valence electrons. The molecule has 0 atom stereocenters. The second kappa shape index (κ2) is 5.55. The molecule has 0 amide bonds. The van der Waals surface area contributed by atoms with Crippen LogP contribution in [-0.2, 0) is 6.42 Å². The largest absolute Gasteiger partial charge is 0.369 e. The molecule has 0 spiro atoms. The Bertz CT molecular complexity index is 905. The molecule has 0 fully saturated rings. The summed E-state index contributed by atoms with van der Waals surface area (Å²) in [6, 6.07) is 11.9. The Morgan fingerprint density at radius 3 is 2.78 bits per heavy atom. The van der Waals surface area contributed by atoms with Crippen LogP contribution >= 0.6 is 23.2 Å². The van der Waals surface area contributed by atoms with Crippen LogP contribution in [0, 0.1) is 5.82 Å². The zero-order valence-corrected chi connectivity index (χ0v) is 13.5. The fourth-order valence-electron chi connectivity index (χ4n) is 2.87. The fraction of sp³-hybridized carbons (Fsp3) is 0.118. The van der Waals surface area contributed by atoms with E-state index in [1.54, 1.807) is 6.07 Å². The van der Waals surface area contributed by atoms with Gasteiger partial charge in [0.05, 0.1) is 16.4 Å². The molecule has 3 nitrogen and oxygen atoms in total. The Labute approximate surface area is 142 Å². The first-order chi connectivity index (χ1) is 11.1. The van der Waals surface area contributed by atoms with Crippen molar-refractivity contribution in [3.63, 3.8) is 0 Å².